The molecule has 0 atom stereocenters. The largest absolute Gasteiger partial charge is 0.396 e. The molecule has 0 aromatic carbocycles. The SMILES string of the molecule is CN(CCCO)C(=O)C1(N)CCCCC1. The molecule has 4 nitrogen and oxygen atoms in total. The van der Waals surface area contributed by atoms with Gasteiger partial charge in [-0.3, -0.25) is 4.79 Å². The van der Waals surface area contributed by atoms with Crippen molar-refractivity contribution in [3.63, 3.8) is 0 Å². The van der Waals surface area contributed by atoms with Crippen molar-refractivity contribution in [3.05, 3.63) is 0 Å². The Hall–Kier alpha value is -0.610. The summed E-state index contributed by atoms with van der Waals surface area (Å²) >= 11 is 0. The van der Waals surface area contributed by atoms with Crippen LogP contribution < -0.4 is 5.73 Å². The molecule has 0 radical (unpaired) electrons. The van der Waals surface area contributed by atoms with Crippen molar-refractivity contribution in [1.29, 1.82) is 0 Å². The number of aliphatic hydroxyl groups excluding tert-OH is 1. The van der Waals surface area contributed by atoms with Gasteiger partial charge in [-0.15, -0.1) is 0 Å². The maximum Gasteiger partial charge on any atom is 0.242 e. The van der Waals surface area contributed by atoms with Gasteiger partial charge < -0.3 is 15.7 Å². The molecule has 1 aliphatic carbocycles. The Labute approximate surface area is 91.4 Å². The number of likely N-dealkylation sites (N-methyl/N-ethyl adjacent to an activating group) is 1. The molecule has 88 valence electrons. The molecule has 1 fully saturated rings. The highest BCUT2D eigenvalue weighted by atomic mass is 16.3. The van der Waals surface area contributed by atoms with Crippen molar-refractivity contribution in [2.24, 2.45) is 5.73 Å². The van der Waals surface area contributed by atoms with Gasteiger partial charge in [0.15, 0.2) is 0 Å². The van der Waals surface area contributed by atoms with Crippen molar-refractivity contribution < 1.29 is 9.90 Å². The Morgan fingerprint density at radius 3 is 2.53 bits per heavy atom. The molecule has 0 spiro atoms. The summed E-state index contributed by atoms with van der Waals surface area (Å²) in [6, 6.07) is 0. The van der Waals surface area contributed by atoms with Crippen LogP contribution in [0.4, 0.5) is 0 Å². The Morgan fingerprint density at radius 1 is 1.40 bits per heavy atom. The van der Waals surface area contributed by atoms with Gasteiger partial charge in [0, 0.05) is 20.2 Å². The molecule has 1 rings (SSSR count). The van der Waals surface area contributed by atoms with E-state index < -0.39 is 5.54 Å². The normalized spacial score (nSPS) is 19.9. The van der Waals surface area contributed by atoms with Gasteiger partial charge in [-0.25, -0.2) is 0 Å². The predicted molar refractivity (Wildman–Crippen MR) is 59.3 cm³/mol. The zero-order chi connectivity index (χ0) is 11.3. The van der Waals surface area contributed by atoms with Crippen molar-refractivity contribution in [2.45, 2.75) is 44.1 Å². The summed E-state index contributed by atoms with van der Waals surface area (Å²) in [6.07, 6.45) is 5.52. The fourth-order valence-corrected chi connectivity index (χ4v) is 2.19. The minimum atomic E-state index is -0.636. The lowest BCUT2D eigenvalue weighted by Gasteiger charge is -2.35. The van der Waals surface area contributed by atoms with E-state index in [4.69, 9.17) is 10.8 Å². The second-order valence-corrected chi connectivity index (χ2v) is 4.52. The van der Waals surface area contributed by atoms with Crippen LogP contribution >= 0.6 is 0 Å². The van der Waals surface area contributed by atoms with E-state index in [1.165, 1.54) is 6.42 Å². The molecule has 1 saturated carbocycles. The number of carbonyl (C=O) groups excluding carboxylic acids is 1. The smallest absolute Gasteiger partial charge is 0.242 e. The second kappa shape index (κ2) is 5.47. The van der Waals surface area contributed by atoms with Gasteiger partial charge in [0.25, 0.3) is 0 Å². The quantitative estimate of drug-likeness (QED) is 0.715. The maximum absolute atomic E-state index is 12.0. The van der Waals surface area contributed by atoms with Crippen LogP contribution in [0.3, 0.4) is 0 Å². The molecule has 1 amide bonds. The first kappa shape index (κ1) is 12.5. The number of hydrogen-bond donors (Lipinski definition) is 2. The van der Waals surface area contributed by atoms with Crippen LogP contribution in [0.5, 0.6) is 0 Å². The van der Waals surface area contributed by atoms with E-state index in [0.29, 0.717) is 13.0 Å². The first-order chi connectivity index (χ1) is 7.10. The predicted octanol–water partition coefficient (Wildman–Crippen LogP) is 0.489. The average Bonchev–Trinajstić information content (AvgIpc) is 2.26. The number of amides is 1. The number of nitrogens with zero attached hydrogens (tertiary/aromatic N) is 1. The minimum Gasteiger partial charge on any atom is -0.396 e. The number of carbonyl (C=O) groups is 1. The molecule has 0 unspecified atom stereocenters. The first-order valence-corrected chi connectivity index (χ1v) is 5.75. The van der Waals surface area contributed by atoms with Gasteiger partial charge in [-0.05, 0) is 19.3 Å². The topological polar surface area (TPSA) is 66.6 Å². The molecule has 0 aromatic rings. The zero-order valence-electron chi connectivity index (χ0n) is 9.54. The van der Waals surface area contributed by atoms with Crippen molar-refractivity contribution in [1.82, 2.24) is 4.90 Å². The third kappa shape index (κ3) is 3.18. The molecule has 0 bridgehead atoms. The number of rotatable bonds is 4. The van der Waals surface area contributed by atoms with Crippen LogP contribution in [-0.2, 0) is 4.79 Å². The molecule has 0 aliphatic heterocycles. The van der Waals surface area contributed by atoms with Gasteiger partial charge in [-0.1, -0.05) is 19.3 Å². The summed E-state index contributed by atoms with van der Waals surface area (Å²) in [4.78, 5) is 13.7. The third-order valence-electron chi connectivity index (χ3n) is 3.17. The minimum absolute atomic E-state index is 0.0376. The summed E-state index contributed by atoms with van der Waals surface area (Å²) in [5, 5.41) is 8.70. The number of aliphatic hydroxyl groups is 1. The third-order valence-corrected chi connectivity index (χ3v) is 3.17. The molecule has 0 saturated heterocycles. The first-order valence-electron chi connectivity index (χ1n) is 5.75. The standard InChI is InChI=1S/C11H22N2O2/c1-13(8-5-9-14)10(15)11(12)6-3-2-4-7-11/h14H,2-9,12H2,1H3. The Bertz CT molecular complexity index is 213. The zero-order valence-corrected chi connectivity index (χ0v) is 9.54. The summed E-state index contributed by atoms with van der Waals surface area (Å²) < 4.78 is 0. The second-order valence-electron chi connectivity index (χ2n) is 4.52. The van der Waals surface area contributed by atoms with Crippen LogP contribution in [0.15, 0.2) is 0 Å². The monoisotopic (exact) mass is 214 g/mol. The molecule has 0 heterocycles. The Kier molecular flexibility index (Phi) is 4.54. The van der Waals surface area contributed by atoms with Crippen LogP contribution in [0.1, 0.15) is 38.5 Å². The van der Waals surface area contributed by atoms with E-state index in [2.05, 4.69) is 0 Å². The molecule has 3 N–H and O–H groups in total. The lowest BCUT2D eigenvalue weighted by Crippen LogP contribution is -2.55. The summed E-state index contributed by atoms with van der Waals surface area (Å²) in [5.41, 5.74) is 5.49. The van der Waals surface area contributed by atoms with Crippen molar-refractivity contribution in [3.8, 4) is 0 Å². The summed E-state index contributed by atoms with van der Waals surface area (Å²) in [6.45, 7) is 0.712. The summed E-state index contributed by atoms with van der Waals surface area (Å²) in [5.74, 6) is 0.0376. The lowest BCUT2D eigenvalue weighted by atomic mass is 9.81. The van der Waals surface area contributed by atoms with Crippen LogP contribution in [0.2, 0.25) is 0 Å². The fourth-order valence-electron chi connectivity index (χ4n) is 2.19. The van der Waals surface area contributed by atoms with Crippen molar-refractivity contribution >= 4 is 5.91 Å². The van der Waals surface area contributed by atoms with E-state index >= 15 is 0 Å². The molecular formula is C11H22N2O2. The Balaban J connectivity index is 2.49. The molecule has 15 heavy (non-hydrogen) atoms. The van der Waals surface area contributed by atoms with E-state index in [-0.39, 0.29) is 12.5 Å². The number of hydrogen-bond acceptors (Lipinski definition) is 3. The highest BCUT2D eigenvalue weighted by molar-refractivity contribution is 5.86. The van der Waals surface area contributed by atoms with Crippen molar-refractivity contribution in [2.75, 3.05) is 20.2 Å². The van der Waals surface area contributed by atoms with Gasteiger partial charge in [-0.2, -0.15) is 0 Å². The van der Waals surface area contributed by atoms with Gasteiger partial charge >= 0.3 is 0 Å². The highest BCUT2D eigenvalue weighted by Crippen LogP contribution is 2.27. The summed E-state index contributed by atoms with van der Waals surface area (Å²) in [7, 11) is 1.77. The van der Waals surface area contributed by atoms with E-state index in [1.54, 1.807) is 11.9 Å². The highest BCUT2D eigenvalue weighted by Gasteiger charge is 2.36. The molecule has 0 aromatic heterocycles. The molecule has 4 heteroatoms. The average molecular weight is 214 g/mol. The van der Waals surface area contributed by atoms with Gasteiger partial charge in [0.05, 0.1) is 5.54 Å². The van der Waals surface area contributed by atoms with E-state index in [0.717, 1.165) is 25.7 Å². The van der Waals surface area contributed by atoms with Crippen LogP contribution in [0.25, 0.3) is 0 Å². The van der Waals surface area contributed by atoms with Gasteiger partial charge in [0.2, 0.25) is 5.91 Å². The van der Waals surface area contributed by atoms with E-state index in [9.17, 15) is 4.79 Å². The molecular weight excluding hydrogens is 192 g/mol. The lowest BCUT2D eigenvalue weighted by molar-refractivity contribution is -0.137. The molecule has 1 aliphatic rings. The van der Waals surface area contributed by atoms with Crippen LogP contribution in [-0.4, -0.2) is 41.7 Å². The van der Waals surface area contributed by atoms with Gasteiger partial charge in [0.1, 0.15) is 0 Å². The van der Waals surface area contributed by atoms with Crippen LogP contribution in [0, 0.1) is 0 Å². The van der Waals surface area contributed by atoms with E-state index in [1.807, 2.05) is 0 Å². The Morgan fingerprint density at radius 2 is 2.00 bits per heavy atom. The fraction of sp³-hybridized carbons (Fsp3) is 0.909. The maximum atomic E-state index is 12.0. The number of nitrogens with two attached hydrogens (primary N) is 1.